The van der Waals surface area contributed by atoms with Crippen LogP contribution in [0.3, 0.4) is 0 Å². The second kappa shape index (κ2) is 6.70. The first kappa shape index (κ1) is 14.1. The highest BCUT2D eigenvalue weighted by molar-refractivity contribution is 7.13. The molecule has 0 radical (unpaired) electrons. The van der Waals surface area contributed by atoms with Gasteiger partial charge in [0.05, 0.1) is 13.4 Å². The van der Waals surface area contributed by atoms with Crippen molar-refractivity contribution in [1.29, 1.82) is 0 Å². The molecule has 1 heterocycles. The minimum absolute atomic E-state index is 0.0163. The monoisotopic (exact) mass is 270 g/mol. The van der Waals surface area contributed by atoms with E-state index < -0.39 is 5.97 Å². The third-order valence-electron chi connectivity index (χ3n) is 1.70. The molecule has 18 heavy (non-hydrogen) atoms. The number of esters is 1. The number of nitrogens with zero attached hydrogens (tertiary/aromatic N) is 4. The molecule has 1 aromatic rings. The normalized spacial score (nSPS) is 11.7. The molecule has 0 aliphatic rings. The molecule has 98 valence electrons. The molecule has 0 atom stereocenters. The standard InChI is InChI=1S/C10H14N4O3S/c1-14(2)6-11-10-12-7(5-18-10)8(13-17-4)9(15)16-3/h5-6H,1-4H3/b11-6+,13-8-. The molecule has 0 aromatic carbocycles. The lowest BCUT2D eigenvalue weighted by Crippen LogP contribution is -2.17. The Bertz CT molecular complexity index is 467. The van der Waals surface area contributed by atoms with E-state index in [9.17, 15) is 4.79 Å². The van der Waals surface area contributed by atoms with Crippen molar-refractivity contribution >= 4 is 34.5 Å². The number of hydrogen-bond acceptors (Lipinski definition) is 7. The Labute approximate surface area is 109 Å². The molecule has 1 rings (SSSR count). The second-order valence-corrected chi connectivity index (χ2v) is 4.17. The molecule has 8 heteroatoms. The van der Waals surface area contributed by atoms with Crippen molar-refractivity contribution < 1.29 is 14.4 Å². The van der Waals surface area contributed by atoms with Crippen LogP contribution in [-0.4, -0.2) is 56.2 Å². The molecule has 0 aliphatic heterocycles. The highest BCUT2D eigenvalue weighted by Crippen LogP contribution is 2.19. The van der Waals surface area contributed by atoms with E-state index in [4.69, 9.17) is 0 Å². The summed E-state index contributed by atoms with van der Waals surface area (Å²) in [5.41, 5.74) is 0.391. The first-order valence-electron chi connectivity index (χ1n) is 4.94. The summed E-state index contributed by atoms with van der Waals surface area (Å²) in [6.45, 7) is 0. The van der Waals surface area contributed by atoms with E-state index in [0.717, 1.165) is 0 Å². The Morgan fingerprint density at radius 3 is 2.78 bits per heavy atom. The van der Waals surface area contributed by atoms with Gasteiger partial charge < -0.3 is 14.5 Å². The van der Waals surface area contributed by atoms with E-state index in [0.29, 0.717) is 10.8 Å². The van der Waals surface area contributed by atoms with Gasteiger partial charge in [-0.15, -0.1) is 11.3 Å². The topological polar surface area (TPSA) is 76.4 Å². The van der Waals surface area contributed by atoms with E-state index in [-0.39, 0.29) is 5.71 Å². The van der Waals surface area contributed by atoms with Gasteiger partial charge >= 0.3 is 5.97 Å². The predicted molar refractivity (Wildman–Crippen MR) is 69.5 cm³/mol. The molecule has 0 saturated carbocycles. The zero-order chi connectivity index (χ0) is 13.5. The van der Waals surface area contributed by atoms with Crippen LogP contribution < -0.4 is 0 Å². The van der Waals surface area contributed by atoms with Crippen molar-refractivity contribution in [1.82, 2.24) is 9.88 Å². The number of thiazole rings is 1. The molecular weight excluding hydrogens is 256 g/mol. The largest absolute Gasteiger partial charge is 0.464 e. The fraction of sp³-hybridized carbons (Fsp3) is 0.400. The van der Waals surface area contributed by atoms with Crippen molar-refractivity contribution in [3.63, 3.8) is 0 Å². The third-order valence-corrected chi connectivity index (χ3v) is 2.44. The van der Waals surface area contributed by atoms with E-state index in [1.54, 1.807) is 16.6 Å². The lowest BCUT2D eigenvalue weighted by molar-refractivity contribution is -0.132. The van der Waals surface area contributed by atoms with Gasteiger partial charge in [-0.2, -0.15) is 0 Å². The molecule has 0 saturated heterocycles. The zero-order valence-corrected chi connectivity index (χ0v) is 11.4. The molecule has 0 spiro atoms. The van der Waals surface area contributed by atoms with Crippen LogP contribution >= 0.6 is 11.3 Å². The van der Waals surface area contributed by atoms with Crippen molar-refractivity contribution in [2.24, 2.45) is 10.1 Å². The highest BCUT2D eigenvalue weighted by atomic mass is 32.1. The number of aromatic nitrogens is 1. The quantitative estimate of drug-likeness (QED) is 0.344. The Kier molecular flexibility index (Phi) is 5.25. The molecule has 7 nitrogen and oxygen atoms in total. The summed E-state index contributed by atoms with van der Waals surface area (Å²) < 4.78 is 4.60. The smallest absolute Gasteiger partial charge is 0.362 e. The van der Waals surface area contributed by atoms with Gasteiger partial charge in [0.15, 0.2) is 0 Å². The summed E-state index contributed by atoms with van der Waals surface area (Å²) in [7, 11) is 6.32. The lowest BCUT2D eigenvalue weighted by Gasteiger charge is -2.00. The van der Waals surface area contributed by atoms with Gasteiger partial charge in [-0.3, -0.25) is 0 Å². The van der Waals surface area contributed by atoms with Crippen LogP contribution in [0.5, 0.6) is 0 Å². The third kappa shape index (κ3) is 3.81. The number of methoxy groups -OCH3 is 1. The maximum Gasteiger partial charge on any atom is 0.362 e. The van der Waals surface area contributed by atoms with Crippen molar-refractivity contribution in [3.05, 3.63) is 11.1 Å². The summed E-state index contributed by atoms with van der Waals surface area (Å²) >= 11 is 1.29. The summed E-state index contributed by atoms with van der Waals surface area (Å²) in [5.74, 6) is -0.606. The van der Waals surface area contributed by atoms with Gasteiger partial charge in [0, 0.05) is 19.5 Å². The van der Waals surface area contributed by atoms with E-state index in [1.165, 1.54) is 25.6 Å². The number of aliphatic imine (C=N–C) groups is 1. The number of rotatable bonds is 5. The van der Waals surface area contributed by atoms with Gasteiger partial charge in [-0.1, -0.05) is 5.16 Å². The lowest BCUT2D eigenvalue weighted by atomic mass is 10.3. The molecular formula is C10H14N4O3S. The van der Waals surface area contributed by atoms with Crippen molar-refractivity contribution in [2.45, 2.75) is 0 Å². The van der Waals surface area contributed by atoms with Crippen molar-refractivity contribution in [3.8, 4) is 0 Å². The van der Waals surface area contributed by atoms with Gasteiger partial charge in [-0.25, -0.2) is 14.8 Å². The highest BCUT2D eigenvalue weighted by Gasteiger charge is 2.18. The maximum absolute atomic E-state index is 11.5. The van der Waals surface area contributed by atoms with Gasteiger partial charge in [0.1, 0.15) is 12.8 Å². The molecule has 0 aliphatic carbocycles. The first-order valence-corrected chi connectivity index (χ1v) is 5.82. The van der Waals surface area contributed by atoms with Crippen LogP contribution in [0.2, 0.25) is 0 Å². The maximum atomic E-state index is 11.5. The molecule has 0 bridgehead atoms. The summed E-state index contributed by atoms with van der Waals surface area (Å²) in [6.07, 6.45) is 1.62. The van der Waals surface area contributed by atoms with Crippen LogP contribution in [-0.2, 0) is 14.4 Å². The van der Waals surface area contributed by atoms with Crippen molar-refractivity contribution in [2.75, 3.05) is 28.3 Å². The summed E-state index contributed by atoms with van der Waals surface area (Å²) in [5, 5.41) is 5.78. The number of hydrogen-bond donors (Lipinski definition) is 0. The number of carbonyl (C=O) groups is 1. The van der Waals surface area contributed by atoms with Crippen LogP contribution in [0.4, 0.5) is 5.13 Å². The Morgan fingerprint density at radius 2 is 2.22 bits per heavy atom. The van der Waals surface area contributed by atoms with Crippen LogP contribution in [0.1, 0.15) is 5.69 Å². The average Bonchev–Trinajstić information content (AvgIpc) is 2.81. The Morgan fingerprint density at radius 1 is 1.50 bits per heavy atom. The SMILES string of the molecule is CO/N=C(\C(=O)OC)c1csc(/N=C/N(C)C)n1. The van der Waals surface area contributed by atoms with Crippen LogP contribution in [0.25, 0.3) is 0 Å². The molecule has 1 aromatic heterocycles. The number of carbonyl (C=O) groups excluding carboxylic acids is 1. The predicted octanol–water partition coefficient (Wildman–Crippen LogP) is 0.888. The molecule has 0 N–H and O–H groups in total. The minimum atomic E-state index is -0.606. The van der Waals surface area contributed by atoms with Crippen LogP contribution in [0, 0.1) is 0 Å². The fourth-order valence-corrected chi connectivity index (χ4v) is 1.61. The molecule has 0 amide bonds. The van der Waals surface area contributed by atoms with Gasteiger partial charge in [0.2, 0.25) is 10.8 Å². The van der Waals surface area contributed by atoms with Gasteiger partial charge in [0.25, 0.3) is 0 Å². The Balaban J connectivity index is 2.95. The van der Waals surface area contributed by atoms with Gasteiger partial charge in [-0.05, 0) is 0 Å². The Hall–Kier alpha value is -1.96. The van der Waals surface area contributed by atoms with E-state index in [1.807, 2.05) is 14.1 Å². The summed E-state index contributed by atoms with van der Waals surface area (Å²) in [4.78, 5) is 26.1. The second-order valence-electron chi connectivity index (χ2n) is 3.34. The average molecular weight is 270 g/mol. The fourth-order valence-electron chi connectivity index (χ4n) is 0.974. The van der Waals surface area contributed by atoms with Crippen LogP contribution in [0.15, 0.2) is 15.5 Å². The zero-order valence-electron chi connectivity index (χ0n) is 10.6. The molecule has 0 unspecified atom stereocenters. The van der Waals surface area contributed by atoms with E-state index >= 15 is 0 Å². The first-order chi connectivity index (χ1) is 8.58. The molecule has 0 fully saturated rings. The number of ether oxygens (including phenoxy) is 1. The van der Waals surface area contributed by atoms with E-state index in [2.05, 4.69) is 24.7 Å². The number of oxime groups is 1. The minimum Gasteiger partial charge on any atom is -0.464 e. The summed E-state index contributed by atoms with van der Waals surface area (Å²) in [6, 6.07) is 0.